The van der Waals surface area contributed by atoms with Gasteiger partial charge in [0, 0.05) is 11.9 Å². The van der Waals surface area contributed by atoms with Crippen molar-refractivity contribution in [2.75, 3.05) is 18.7 Å². The van der Waals surface area contributed by atoms with E-state index >= 15 is 0 Å². The van der Waals surface area contributed by atoms with Crippen LogP contribution in [0.5, 0.6) is 5.88 Å². The maximum absolute atomic E-state index is 11.4. The monoisotopic (exact) mass is 249 g/mol. The lowest BCUT2D eigenvalue weighted by atomic mass is 10.3. The van der Waals surface area contributed by atoms with E-state index in [0.717, 1.165) is 11.4 Å². The first-order chi connectivity index (χ1) is 8.65. The molecule has 1 aliphatic rings. The zero-order valence-electron chi connectivity index (χ0n) is 10.2. The van der Waals surface area contributed by atoms with Gasteiger partial charge in [0.25, 0.3) is 5.91 Å². The number of hydrazine groups is 1. The molecular weight excluding hydrogens is 234 g/mol. The van der Waals surface area contributed by atoms with Crippen molar-refractivity contribution >= 4 is 11.6 Å². The summed E-state index contributed by atoms with van der Waals surface area (Å²) >= 11 is 0. The van der Waals surface area contributed by atoms with Crippen molar-refractivity contribution in [3.8, 4) is 5.88 Å². The topological polar surface area (TPSA) is 92.5 Å². The lowest BCUT2D eigenvalue weighted by Gasteiger charge is -2.17. The summed E-state index contributed by atoms with van der Waals surface area (Å²) in [4.78, 5) is 17.4. The molecule has 0 fully saturated rings. The second-order valence-corrected chi connectivity index (χ2v) is 3.82. The molecule has 0 saturated carbocycles. The predicted molar refractivity (Wildman–Crippen MR) is 66.7 cm³/mol. The minimum absolute atomic E-state index is 0.214. The van der Waals surface area contributed by atoms with Gasteiger partial charge < -0.3 is 15.0 Å². The van der Waals surface area contributed by atoms with Gasteiger partial charge in [0.1, 0.15) is 11.4 Å². The number of anilines is 1. The first-order valence-corrected chi connectivity index (χ1v) is 5.40. The largest absolute Gasteiger partial charge is 0.479 e. The molecule has 96 valence electrons. The molecule has 18 heavy (non-hydrogen) atoms. The zero-order chi connectivity index (χ0) is 13.1. The van der Waals surface area contributed by atoms with E-state index < -0.39 is 5.91 Å². The maximum Gasteiger partial charge on any atom is 0.283 e. The van der Waals surface area contributed by atoms with E-state index in [1.165, 1.54) is 7.11 Å². The van der Waals surface area contributed by atoms with Crippen molar-refractivity contribution in [3.63, 3.8) is 0 Å². The average molecular weight is 249 g/mol. The van der Waals surface area contributed by atoms with Crippen molar-refractivity contribution < 1.29 is 9.53 Å². The van der Waals surface area contributed by atoms with Gasteiger partial charge in [-0.1, -0.05) is 0 Å². The highest BCUT2D eigenvalue weighted by Gasteiger charge is 2.17. The molecule has 0 radical (unpaired) electrons. The third kappa shape index (κ3) is 2.21. The molecule has 1 aromatic rings. The number of methoxy groups -OCH3 is 1. The number of ether oxygens (including phenoxy) is 1. The molecule has 0 bridgehead atoms. The van der Waals surface area contributed by atoms with Crippen LogP contribution in [0.4, 0.5) is 5.69 Å². The Bertz CT molecular complexity index is 500. The zero-order valence-corrected chi connectivity index (χ0v) is 10.2. The number of aromatic nitrogens is 1. The first kappa shape index (κ1) is 12.2. The molecule has 1 aromatic heterocycles. The van der Waals surface area contributed by atoms with E-state index in [-0.39, 0.29) is 5.69 Å². The van der Waals surface area contributed by atoms with Crippen LogP contribution >= 0.6 is 0 Å². The van der Waals surface area contributed by atoms with Gasteiger partial charge in [-0.3, -0.25) is 10.2 Å². The Labute approximate surface area is 105 Å². The lowest BCUT2D eigenvalue weighted by Crippen LogP contribution is -2.31. The van der Waals surface area contributed by atoms with Crippen LogP contribution in [-0.2, 0) is 0 Å². The highest BCUT2D eigenvalue weighted by Crippen LogP contribution is 2.28. The third-order valence-corrected chi connectivity index (χ3v) is 2.58. The predicted octanol–water partition coefficient (Wildman–Crippen LogP) is -0.0779. The Balaban J connectivity index is 2.34. The van der Waals surface area contributed by atoms with Crippen LogP contribution in [0.25, 0.3) is 0 Å². The van der Waals surface area contributed by atoms with E-state index in [2.05, 4.69) is 10.3 Å². The molecule has 0 aromatic carbocycles. The van der Waals surface area contributed by atoms with Gasteiger partial charge in [-0.25, -0.2) is 10.8 Å². The van der Waals surface area contributed by atoms with Crippen LogP contribution in [0, 0.1) is 0 Å². The van der Waals surface area contributed by atoms with E-state index in [4.69, 9.17) is 10.6 Å². The van der Waals surface area contributed by atoms with Gasteiger partial charge in [0.15, 0.2) is 0 Å². The minimum Gasteiger partial charge on any atom is -0.479 e. The van der Waals surface area contributed by atoms with E-state index in [9.17, 15) is 4.79 Å². The van der Waals surface area contributed by atoms with Crippen LogP contribution in [0.1, 0.15) is 17.4 Å². The van der Waals surface area contributed by atoms with Gasteiger partial charge in [-0.05, 0) is 19.1 Å². The van der Waals surface area contributed by atoms with Gasteiger partial charge in [0.2, 0.25) is 5.88 Å². The fourth-order valence-corrected chi connectivity index (χ4v) is 1.69. The van der Waals surface area contributed by atoms with E-state index in [0.29, 0.717) is 12.5 Å². The fourth-order valence-electron chi connectivity index (χ4n) is 1.69. The fraction of sp³-hybridized carbons (Fsp3) is 0.273. The molecule has 2 rings (SSSR count). The summed E-state index contributed by atoms with van der Waals surface area (Å²) in [6.45, 7) is 2.61. The van der Waals surface area contributed by atoms with Gasteiger partial charge in [0.05, 0.1) is 13.8 Å². The molecule has 0 spiro atoms. The molecule has 1 amide bonds. The normalized spacial score (nSPS) is 13.9. The minimum atomic E-state index is -0.453. The molecule has 0 aliphatic carbocycles. The number of hydrogen-bond donors (Lipinski definition) is 3. The summed E-state index contributed by atoms with van der Waals surface area (Å²) in [5, 5.41) is 3.17. The standard InChI is InChI=1S/C11H15N5O2/c1-7-5-16(6-13-7)9-4-3-8(10(17)15-12)14-11(9)18-2/h3-5,13H,6,12H2,1-2H3,(H,15,17). The number of nitrogens with two attached hydrogens (primary N) is 1. The number of nitrogen functional groups attached to an aromatic ring is 1. The summed E-state index contributed by atoms with van der Waals surface area (Å²) < 4.78 is 5.20. The molecular formula is C11H15N5O2. The molecule has 0 unspecified atom stereocenters. The average Bonchev–Trinajstić information content (AvgIpc) is 2.83. The van der Waals surface area contributed by atoms with Crippen LogP contribution in [-0.4, -0.2) is 24.7 Å². The molecule has 0 atom stereocenters. The van der Waals surface area contributed by atoms with Crippen molar-refractivity contribution in [2.24, 2.45) is 5.84 Å². The van der Waals surface area contributed by atoms with E-state index in [1.54, 1.807) is 12.1 Å². The second kappa shape index (κ2) is 4.92. The molecule has 2 heterocycles. The lowest BCUT2D eigenvalue weighted by molar-refractivity contribution is 0.0948. The van der Waals surface area contributed by atoms with Crippen LogP contribution in [0.2, 0.25) is 0 Å². The SMILES string of the molecule is COc1nc(C(=O)NN)ccc1N1C=C(C)NC1. The van der Waals surface area contributed by atoms with Crippen molar-refractivity contribution in [1.29, 1.82) is 0 Å². The maximum atomic E-state index is 11.4. The number of carbonyl (C=O) groups excluding carboxylic acids is 1. The number of carbonyl (C=O) groups is 1. The summed E-state index contributed by atoms with van der Waals surface area (Å²) in [6, 6.07) is 3.37. The molecule has 7 heteroatoms. The molecule has 0 saturated heterocycles. The number of nitrogens with one attached hydrogen (secondary N) is 2. The van der Waals surface area contributed by atoms with Crippen LogP contribution in [0.3, 0.4) is 0 Å². The highest BCUT2D eigenvalue weighted by atomic mass is 16.5. The Morgan fingerprint density at radius 3 is 2.94 bits per heavy atom. The molecule has 1 aliphatic heterocycles. The van der Waals surface area contributed by atoms with Crippen molar-refractivity contribution in [3.05, 3.63) is 29.7 Å². The summed E-state index contributed by atoms with van der Waals surface area (Å²) in [6.07, 6.45) is 1.95. The first-order valence-electron chi connectivity index (χ1n) is 5.40. The Morgan fingerprint density at radius 2 is 2.39 bits per heavy atom. The number of hydrogen-bond acceptors (Lipinski definition) is 6. The molecule has 4 N–H and O–H groups in total. The Hall–Kier alpha value is -2.28. The molecule has 7 nitrogen and oxygen atoms in total. The van der Waals surface area contributed by atoms with Crippen molar-refractivity contribution in [2.45, 2.75) is 6.92 Å². The second-order valence-electron chi connectivity index (χ2n) is 3.82. The number of nitrogens with zero attached hydrogens (tertiary/aromatic N) is 2. The van der Waals surface area contributed by atoms with Gasteiger partial charge in [-0.2, -0.15) is 0 Å². The quantitative estimate of drug-likeness (QED) is 0.394. The van der Waals surface area contributed by atoms with E-state index in [1.807, 2.05) is 23.4 Å². The smallest absolute Gasteiger partial charge is 0.283 e. The number of rotatable bonds is 3. The Morgan fingerprint density at radius 1 is 1.61 bits per heavy atom. The summed E-state index contributed by atoms with van der Waals surface area (Å²) in [5.74, 6) is 4.99. The number of pyridine rings is 1. The Kier molecular flexibility index (Phi) is 3.33. The number of amides is 1. The summed E-state index contributed by atoms with van der Waals surface area (Å²) in [7, 11) is 1.51. The van der Waals surface area contributed by atoms with Crippen LogP contribution in [0.15, 0.2) is 24.0 Å². The van der Waals surface area contributed by atoms with Gasteiger partial charge >= 0.3 is 0 Å². The highest BCUT2D eigenvalue weighted by molar-refractivity contribution is 5.92. The number of allylic oxidation sites excluding steroid dienone is 1. The van der Waals surface area contributed by atoms with Crippen LogP contribution < -0.4 is 26.2 Å². The van der Waals surface area contributed by atoms with Gasteiger partial charge in [-0.15, -0.1) is 0 Å². The third-order valence-electron chi connectivity index (χ3n) is 2.58. The summed E-state index contributed by atoms with van der Waals surface area (Å²) in [5.41, 5.74) is 4.09. The van der Waals surface area contributed by atoms with Crippen molar-refractivity contribution in [1.82, 2.24) is 15.7 Å².